The van der Waals surface area contributed by atoms with Gasteiger partial charge < -0.3 is 9.14 Å². The van der Waals surface area contributed by atoms with Gasteiger partial charge in [-0.05, 0) is 36.4 Å². The van der Waals surface area contributed by atoms with Gasteiger partial charge in [-0.2, -0.15) is 0 Å². The van der Waals surface area contributed by atoms with Crippen LogP contribution in [0.4, 0.5) is 4.39 Å². The second kappa shape index (κ2) is 4.90. The maximum absolute atomic E-state index is 12.7. The summed E-state index contributed by atoms with van der Waals surface area (Å²) in [4.78, 5) is 4.38. The summed E-state index contributed by atoms with van der Waals surface area (Å²) in [5.74, 6) is 0.316. The second-order valence-corrected chi connectivity index (χ2v) is 4.47. The van der Waals surface area contributed by atoms with Gasteiger partial charge in [0.25, 0.3) is 0 Å². The summed E-state index contributed by atoms with van der Waals surface area (Å²) >= 11 is 6.04. The summed E-state index contributed by atoms with van der Waals surface area (Å²) in [7, 11) is 0. The van der Waals surface area contributed by atoms with Gasteiger partial charge in [0, 0.05) is 12.4 Å². The lowest BCUT2D eigenvalue weighted by atomic mass is 10.3. The zero-order chi connectivity index (χ0) is 13.2. The molecule has 0 saturated carbocycles. The quantitative estimate of drug-likeness (QED) is 0.729. The average Bonchev–Trinajstić information content (AvgIpc) is 2.83. The third kappa shape index (κ3) is 2.53. The lowest BCUT2D eigenvalue weighted by Gasteiger charge is -2.02. The molecule has 3 nitrogen and oxygen atoms in total. The van der Waals surface area contributed by atoms with Gasteiger partial charge in [0.15, 0.2) is 5.65 Å². The number of hydrogen-bond acceptors (Lipinski definition) is 2. The largest absolute Gasteiger partial charge is 0.487 e. The van der Waals surface area contributed by atoms with Crippen LogP contribution < -0.4 is 4.74 Å². The van der Waals surface area contributed by atoms with Gasteiger partial charge in [0.1, 0.15) is 18.2 Å². The number of rotatable bonds is 3. The predicted molar refractivity (Wildman–Crippen MR) is 70.9 cm³/mol. The number of hydrogen-bond donors (Lipinski definition) is 0. The first-order valence-electron chi connectivity index (χ1n) is 5.73. The molecule has 0 aliphatic carbocycles. The molecule has 0 saturated heterocycles. The molecule has 3 aromatic rings. The minimum Gasteiger partial charge on any atom is -0.487 e. The van der Waals surface area contributed by atoms with E-state index in [1.54, 1.807) is 18.2 Å². The summed E-state index contributed by atoms with van der Waals surface area (Å²) in [6.45, 7) is 0.309. The molecular weight excluding hydrogens is 267 g/mol. The van der Waals surface area contributed by atoms with Crippen LogP contribution in [0.3, 0.4) is 0 Å². The molecule has 0 fully saturated rings. The Morgan fingerprint density at radius 3 is 2.74 bits per heavy atom. The van der Waals surface area contributed by atoms with Crippen molar-refractivity contribution in [3.05, 3.63) is 65.3 Å². The number of ether oxygens (including phenoxy) is 1. The number of pyridine rings is 1. The van der Waals surface area contributed by atoms with E-state index in [-0.39, 0.29) is 5.82 Å². The van der Waals surface area contributed by atoms with Gasteiger partial charge in [-0.25, -0.2) is 9.37 Å². The molecule has 0 aliphatic heterocycles. The van der Waals surface area contributed by atoms with E-state index in [1.165, 1.54) is 12.1 Å². The summed E-state index contributed by atoms with van der Waals surface area (Å²) in [5.41, 5.74) is 1.46. The molecule has 0 aliphatic rings. The fourth-order valence-electron chi connectivity index (χ4n) is 1.79. The highest BCUT2D eigenvalue weighted by molar-refractivity contribution is 6.33. The topological polar surface area (TPSA) is 26.5 Å². The van der Waals surface area contributed by atoms with E-state index >= 15 is 0 Å². The van der Waals surface area contributed by atoms with Crippen molar-refractivity contribution in [2.24, 2.45) is 0 Å². The summed E-state index contributed by atoms with van der Waals surface area (Å²) < 4.78 is 20.1. The Hall–Kier alpha value is -2.07. The molecule has 3 rings (SSSR count). The van der Waals surface area contributed by atoms with Crippen molar-refractivity contribution in [3.63, 3.8) is 0 Å². The Balaban J connectivity index is 1.78. The van der Waals surface area contributed by atoms with E-state index in [2.05, 4.69) is 4.98 Å². The zero-order valence-electron chi connectivity index (χ0n) is 9.88. The predicted octanol–water partition coefficient (Wildman–Crippen LogP) is 3.71. The van der Waals surface area contributed by atoms with Crippen LogP contribution in [0.1, 0.15) is 5.69 Å². The van der Waals surface area contributed by atoms with E-state index in [1.807, 2.05) is 22.9 Å². The number of aromatic nitrogens is 2. The zero-order valence-corrected chi connectivity index (χ0v) is 10.6. The van der Waals surface area contributed by atoms with Gasteiger partial charge in [-0.3, -0.25) is 0 Å². The first kappa shape index (κ1) is 12.0. The molecule has 0 amide bonds. The normalized spacial score (nSPS) is 10.8. The SMILES string of the molecule is Fc1ccc(OCc2cn3cccc(Cl)c3n2)cc1. The molecule has 2 heterocycles. The maximum Gasteiger partial charge on any atom is 0.155 e. The number of imidazole rings is 1. The molecule has 0 spiro atoms. The van der Waals surface area contributed by atoms with Crippen molar-refractivity contribution >= 4 is 17.2 Å². The average molecular weight is 277 g/mol. The van der Waals surface area contributed by atoms with E-state index in [4.69, 9.17) is 16.3 Å². The molecule has 0 radical (unpaired) electrons. The van der Waals surface area contributed by atoms with Crippen molar-refractivity contribution in [2.75, 3.05) is 0 Å². The number of fused-ring (bicyclic) bond motifs is 1. The van der Waals surface area contributed by atoms with Gasteiger partial charge in [-0.15, -0.1) is 0 Å². The van der Waals surface area contributed by atoms with E-state index in [0.717, 1.165) is 5.69 Å². The molecule has 5 heteroatoms. The van der Waals surface area contributed by atoms with Crippen molar-refractivity contribution in [3.8, 4) is 5.75 Å². The molecule has 2 aromatic heterocycles. The minimum atomic E-state index is -0.285. The van der Waals surface area contributed by atoms with Crippen LogP contribution in [0.25, 0.3) is 5.65 Å². The summed E-state index contributed by atoms with van der Waals surface area (Å²) in [6.07, 6.45) is 3.72. The second-order valence-electron chi connectivity index (χ2n) is 4.06. The minimum absolute atomic E-state index is 0.285. The van der Waals surface area contributed by atoms with Crippen LogP contribution in [-0.2, 0) is 6.61 Å². The fraction of sp³-hybridized carbons (Fsp3) is 0.0714. The Morgan fingerprint density at radius 1 is 1.21 bits per heavy atom. The molecular formula is C14H10ClFN2O. The van der Waals surface area contributed by atoms with E-state index in [0.29, 0.717) is 23.0 Å². The van der Waals surface area contributed by atoms with E-state index in [9.17, 15) is 4.39 Å². The molecule has 1 aromatic carbocycles. The van der Waals surface area contributed by atoms with Crippen LogP contribution in [0.15, 0.2) is 48.8 Å². The highest BCUT2D eigenvalue weighted by Crippen LogP contribution is 2.18. The van der Waals surface area contributed by atoms with Crippen LogP contribution in [0.5, 0.6) is 5.75 Å². The van der Waals surface area contributed by atoms with Crippen LogP contribution in [0.2, 0.25) is 5.02 Å². The monoisotopic (exact) mass is 276 g/mol. The molecule has 0 N–H and O–H groups in total. The first-order chi connectivity index (χ1) is 9.22. The molecule has 0 bridgehead atoms. The lowest BCUT2D eigenvalue weighted by molar-refractivity contribution is 0.301. The van der Waals surface area contributed by atoms with Gasteiger partial charge in [-0.1, -0.05) is 11.6 Å². The molecule has 0 atom stereocenters. The number of halogens is 2. The van der Waals surface area contributed by atoms with Crippen LogP contribution in [0, 0.1) is 5.82 Å². The molecule has 19 heavy (non-hydrogen) atoms. The Bertz CT molecular complexity index is 709. The molecule has 0 unspecified atom stereocenters. The highest BCUT2D eigenvalue weighted by atomic mass is 35.5. The van der Waals surface area contributed by atoms with Crippen molar-refractivity contribution in [1.82, 2.24) is 9.38 Å². The van der Waals surface area contributed by atoms with Crippen molar-refractivity contribution in [1.29, 1.82) is 0 Å². The highest BCUT2D eigenvalue weighted by Gasteiger charge is 2.05. The fourth-order valence-corrected chi connectivity index (χ4v) is 2.00. The van der Waals surface area contributed by atoms with Gasteiger partial charge in [0.2, 0.25) is 0 Å². The van der Waals surface area contributed by atoms with Crippen molar-refractivity contribution < 1.29 is 9.13 Å². The summed E-state index contributed by atoms with van der Waals surface area (Å²) in [6, 6.07) is 9.51. The van der Waals surface area contributed by atoms with Crippen LogP contribution in [-0.4, -0.2) is 9.38 Å². The number of benzene rings is 1. The Kier molecular flexibility index (Phi) is 3.09. The smallest absolute Gasteiger partial charge is 0.155 e. The standard InChI is InChI=1S/C14H10ClFN2O/c15-13-2-1-7-18-8-11(17-14(13)18)9-19-12-5-3-10(16)4-6-12/h1-8H,9H2. The van der Waals surface area contributed by atoms with Gasteiger partial charge in [0.05, 0.1) is 10.7 Å². The lowest BCUT2D eigenvalue weighted by Crippen LogP contribution is -1.95. The Morgan fingerprint density at radius 2 is 2.00 bits per heavy atom. The third-order valence-corrected chi connectivity index (χ3v) is 2.98. The maximum atomic E-state index is 12.7. The van der Waals surface area contributed by atoms with Crippen LogP contribution >= 0.6 is 11.6 Å². The Labute approximate surface area is 114 Å². The van der Waals surface area contributed by atoms with E-state index < -0.39 is 0 Å². The van der Waals surface area contributed by atoms with Crippen molar-refractivity contribution in [2.45, 2.75) is 6.61 Å². The number of nitrogens with zero attached hydrogens (tertiary/aromatic N) is 2. The first-order valence-corrected chi connectivity index (χ1v) is 6.10. The third-order valence-electron chi connectivity index (χ3n) is 2.69. The molecule has 96 valence electrons. The summed E-state index contributed by atoms with van der Waals surface area (Å²) in [5, 5.41) is 0.593. The van der Waals surface area contributed by atoms with Gasteiger partial charge >= 0.3 is 0 Å².